The highest BCUT2D eigenvalue weighted by Crippen LogP contribution is 2.18. The number of rotatable bonds is 6. The van der Waals surface area contributed by atoms with Crippen LogP contribution >= 0.6 is 0 Å². The van der Waals surface area contributed by atoms with Gasteiger partial charge in [-0.1, -0.05) is 24.3 Å². The molecule has 0 heterocycles. The van der Waals surface area contributed by atoms with E-state index < -0.39 is 4.92 Å². The summed E-state index contributed by atoms with van der Waals surface area (Å²) in [6.45, 7) is 1.34. The summed E-state index contributed by atoms with van der Waals surface area (Å²) in [6, 6.07) is 6.61. The van der Waals surface area contributed by atoms with Gasteiger partial charge < -0.3 is 10.0 Å². The van der Waals surface area contributed by atoms with E-state index >= 15 is 0 Å². The van der Waals surface area contributed by atoms with E-state index in [4.69, 9.17) is 5.11 Å². The van der Waals surface area contributed by atoms with Crippen LogP contribution in [0, 0.1) is 10.1 Å². The molecule has 0 aliphatic rings. The van der Waals surface area contributed by atoms with Crippen molar-refractivity contribution in [3.63, 3.8) is 0 Å². The van der Waals surface area contributed by atoms with Crippen LogP contribution in [0.3, 0.4) is 0 Å². The van der Waals surface area contributed by atoms with Crippen molar-refractivity contribution >= 4 is 11.8 Å². The molecular weight excluding hydrogens is 220 g/mol. The van der Waals surface area contributed by atoms with Gasteiger partial charge in [0.25, 0.3) is 5.69 Å². The number of nitrogens with zero attached hydrogens (tertiary/aromatic N) is 2. The third-order valence-corrected chi connectivity index (χ3v) is 2.33. The van der Waals surface area contributed by atoms with Crippen LogP contribution in [0.25, 0.3) is 6.08 Å². The maximum Gasteiger partial charge on any atom is 0.276 e. The van der Waals surface area contributed by atoms with Crippen LogP contribution < -0.4 is 0 Å². The smallest absolute Gasteiger partial charge is 0.276 e. The average Bonchev–Trinajstić information content (AvgIpc) is 2.30. The van der Waals surface area contributed by atoms with E-state index in [0.29, 0.717) is 18.7 Å². The molecule has 0 spiro atoms. The monoisotopic (exact) mass is 236 g/mol. The number of likely N-dealkylation sites (N-methyl/N-ethyl adjacent to an activating group) is 1. The lowest BCUT2D eigenvalue weighted by atomic mass is 10.1. The number of benzene rings is 1. The molecule has 92 valence electrons. The second-order valence-electron chi connectivity index (χ2n) is 3.70. The SMILES string of the molecule is CN(C/C=C/c1ccccc1[N+](=O)[O-])CCO. The zero-order valence-corrected chi connectivity index (χ0v) is 9.74. The Morgan fingerprint density at radius 3 is 2.82 bits per heavy atom. The summed E-state index contributed by atoms with van der Waals surface area (Å²) in [5.41, 5.74) is 0.698. The zero-order valence-electron chi connectivity index (χ0n) is 9.74. The van der Waals surface area contributed by atoms with Crippen molar-refractivity contribution < 1.29 is 10.0 Å². The maximum absolute atomic E-state index is 10.7. The summed E-state index contributed by atoms with van der Waals surface area (Å²) in [5, 5.41) is 19.5. The number of nitro groups is 1. The minimum Gasteiger partial charge on any atom is -0.395 e. The van der Waals surface area contributed by atoms with Crippen molar-refractivity contribution in [2.45, 2.75) is 0 Å². The molecule has 0 radical (unpaired) electrons. The molecule has 0 aliphatic heterocycles. The zero-order chi connectivity index (χ0) is 12.7. The highest BCUT2D eigenvalue weighted by atomic mass is 16.6. The molecule has 0 saturated carbocycles. The van der Waals surface area contributed by atoms with Gasteiger partial charge in [-0.2, -0.15) is 0 Å². The molecule has 0 unspecified atom stereocenters. The lowest BCUT2D eigenvalue weighted by molar-refractivity contribution is -0.385. The first-order valence-corrected chi connectivity index (χ1v) is 5.34. The first-order chi connectivity index (χ1) is 8.15. The van der Waals surface area contributed by atoms with Crippen LogP contribution in [0.4, 0.5) is 5.69 Å². The predicted octanol–water partition coefficient (Wildman–Crippen LogP) is 1.53. The van der Waals surface area contributed by atoms with E-state index in [0.717, 1.165) is 0 Å². The van der Waals surface area contributed by atoms with Crippen molar-refractivity contribution in [1.82, 2.24) is 4.90 Å². The van der Waals surface area contributed by atoms with E-state index in [1.807, 2.05) is 18.0 Å². The molecule has 5 nitrogen and oxygen atoms in total. The summed E-state index contributed by atoms with van der Waals surface area (Å²) in [5.74, 6) is 0. The van der Waals surface area contributed by atoms with Crippen LogP contribution in [0.1, 0.15) is 5.56 Å². The van der Waals surface area contributed by atoms with Crippen molar-refractivity contribution in [1.29, 1.82) is 0 Å². The average molecular weight is 236 g/mol. The molecule has 0 aliphatic carbocycles. The van der Waals surface area contributed by atoms with Crippen molar-refractivity contribution in [3.8, 4) is 0 Å². The summed E-state index contributed by atoms with van der Waals surface area (Å²) in [7, 11) is 1.87. The van der Waals surface area contributed by atoms with Gasteiger partial charge in [-0.3, -0.25) is 10.1 Å². The molecule has 0 aromatic heterocycles. The highest BCUT2D eigenvalue weighted by Gasteiger charge is 2.08. The fraction of sp³-hybridized carbons (Fsp3) is 0.333. The normalized spacial score (nSPS) is 11.2. The van der Waals surface area contributed by atoms with Gasteiger partial charge in [0.1, 0.15) is 0 Å². The molecule has 0 saturated heterocycles. The Kier molecular flexibility index (Phi) is 5.32. The van der Waals surface area contributed by atoms with Crippen LogP contribution in [-0.4, -0.2) is 41.7 Å². The molecule has 0 atom stereocenters. The van der Waals surface area contributed by atoms with Gasteiger partial charge in [-0.05, 0) is 13.1 Å². The van der Waals surface area contributed by atoms with Gasteiger partial charge in [-0.25, -0.2) is 0 Å². The standard InChI is InChI=1S/C12H16N2O3/c1-13(9-10-15)8-4-6-11-5-2-3-7-12(11)14(16)17/h2-7,15H,8-10H2,1H3/b6-4+. The summed E-state index contributed by atoms with van der Waals surface area (Å²) in [4.78, 5) is 12.3. The van der Waals surface area contributed by atoms with Gasteiger partial charge in [0.05, 0.1) is 17.1 Å². The molecule has 1 rings (SSSR count). The van der Waals surface area contributed by atoms with Crippen molar-refractivity contribution in [2.75, 3.05) is 26.7 Å². The Morgan fingerprint density at radius 2 is 2.18 bits per heavy atom. The summed E-state index contributed by atoms with van der Waals surface area (Å²) < 4.78 is 0. The van der Waals surface area contributed by atoms with Crippen LogP contribution in [0.2, 0.25) is 0 Å². The predicted molar refractivity (Wildman–Crippen MR) is 66.7 cm³/mol. The minimum atomic E-state index is -0.392. The summed E-state index contributed by atoms with van der Waals surface area (Å²) in [6.07, 6.45) is 3.57. The second-order valence-corrected chi connectivity index (χ2v) is 3.70. The van der Waals surface area contributed by atoms with E-state index in [1.165, 1.54) is 6.07 Å². The number of hydrogen-bond donors (Lipinski definition) is 1. The molecule has 0 fully saturated rings. The van der Waals surface area contributed by atoms with Gasteiger partial charge in [-0.15, -0.1) is 0 Å². The first kappa shape index (κ1) is 13.3. The molecule has 0 amide bonds. The Labute approximate surface area is 100 Å². The number of aliphatic hydroxyl groups is 1. The fourth-order valence-corrected chi connectivity index (χ4v) is 1.42. The topological polar surface area (TPSA) is 66.6 Å². The van der Waals surface area contributed by atoms with Gasteiger partial charge in [0, 0.05) is 19.2 Å². The number of para-hydroxylation sites is 1. The van der Waals surface area contributed by atoms with Crippen LogP contribution in [-0.2, 0) is 0 Å². The van der Waals surface area contributed by atoms with E-state index in [9.17, 15) is 10.1 Å². The number of hydrogen-bond acceptors (Lipinski definition) is 4. The van der Waals surface area contributed by atoms with E-state index in [2.05, 4.69) is 0 Å². The molecular formula is C12H16N2O3. The minimum absolute atomic E-state index is 0.105. The Bertz CT molecular complexity index is 404. The van der Waals surface area contributed by atoms with Crippen molar-refractivity contribution in [3.05, 3.63) is 46.0 Å². The lowest BCUT2D eigenvalue weighted by Crippen LogP contribution is -2.21. The molecule has 5 heteroatoms. The van der Waals surface area contributed by atoms with Crippen LogP contribution in [0.5, 0.6) is 0 Å². The number of nitro benzene ring substituents is 1. The third-order valence-electron chi connectivity index (χ3n) is 2.33. The summed E-state index contributed by atoms with van der Waals surface area (Å²) >= 11 is 0. The largest absolute Gasteiger partial charge is 0.395 e. The first-order valence-electron chi connectivity index (χ1n) is 5.34. The lowest BCUT2D eigenvalue weighted by Gasteiger charge is -2.11. The maximum atomic E-state index is 10.7. The second kappa shape index (κ2) is 6.78. The van der Waals surface area contributed by atoms with Gasteiger partial charge >= 0.3 is 0 Å². The van der Waals surface area contributed by atoms with E-state index in [1.54, 1.807) is 24.3 Å². The number of aliphatic hydroxyl groups excluding tert-OH is 1. The third kappa shape index (κ3) is 4.34. The Morgan fingerprint density at radius 1 is 1.47 bits per heavy atom. The van der Waals surface area contributed by atoms with Gasteiger partial charge in [0.2, 0.25) is 0 Å². The van der Waals surface area contributed by atoms with Crippen LogP contribution in [0.15, 0.2) is 30.3 Å². The van der Waals surface area contributed by atoms with Gasteiger partial charge in [0.15, 0.2) is 0 Å². The van der Waals surface area contributed by atoms with E-state index in [-0.39, 0.29) is 12.3 Å². The molecule has 17 heavy (non-hydrogen) atoms. The molecule has 1 aromatic carbocycles. The quantitative estimate of drug-likeness (QED) is 0.601. The highest BCUT2D eigenvalue weighted by molar-refractivity contribution is 5.60. The molecule has 0 bridgehead atoms. The fourth-order valence-electron chi connectivity index (χ4n) is 1.42. The Hall–Kier alpha value is -1.72. The molecule has 1 N–H and O–H groups in total. The Balaban J connectivity index is 2.68. The van der Waals surface area contributed by atoms with Crippen molar-refractivity contribution in [2.24, 2.45) is 0 Å². The molecule has 1 aromatic rings.